The third-order valence-corrected chi connectivity index (χ3v) is 5.48. The Morgan fingerprint density at radius 2 is 0.935 bits per heavy atom. The Morgan fingerprint density at radius 1 is 0.516 bits per heavy atom. The minimum atomic E-state index is 0.617. The van der Waals surface area contributed by atoms with Gasteiger partial charge in [-0.2, -0.15) is 10.5 Å². The van der Waals surface area contributed by atoms with Gasteiger partial charge in [0.25, 0.3) is 0 Å². The predicted molar refractivity (Wildman–Crippen MR) is 126 cm³/mol. The second-order valence-corrected chi connectivity index (χ2v) is 7.32. The standard InChI is InChI=1S/C28H17N3/c29-18-20-9-13-24(14-10-20)31(25-15-11-21(19-30)12-16-25)28-26-7-3-1-5-22(26)17-23-6-2-4-8-27(23)28/h1-17H. The summed E-state index contributed by atoms with van der Waals surface area (Å²) >= 11 is 0. The van der Waals surface area contributed by atoms with Gasteiger partial charge in [0, 0.05) is 22.1 Å². The van der Waals surface area contributed by atoms with Crippen molar-refractivity contribution >= 4 is 38.6 Å². The highest BCUT2D eigenvalue weighted by molar-refractivity contribution is 6.14. The van der Waals surface area contributed by atoms with E-state index in [1.54, 1.807) is 0 Å². The third-order valence-electron chi connectivity index (χ3n) is 5.48. The summed E-state index contributed by atoms with van der Waals surface area (Å²) in [7, 11) is 0. The molecule has 0 radical (unpaired) electrons. The average Bonchev–Trinajstić information content (AvgIpc) is 2.84. The van der Waals surface area contributed by atoms with Crippen LogP contribution in [0.15, 0.2) is 103 Å². The van der Waals surface area contributed by atoms with E-state index in [4.69, 9.17) is 0 Å². The van der Waals surface area contributed by atoms with Gasteiger partial charge in [-0.25, -0.2) is 0 Å². The molecule has 0 aromatic heterocycles. The summed E-state index contributed by atoms with van der Waals surface area (Å²) in [5, 5.41) is 23.1. The van der Waals surface area contributed by atoms with E-state index in [-0.39, 0.29) is 0 Å². The minimum Gasteiger partial charge on any atom is -0.309 e. The number of fused-ring (bicyclic) bond motifs is 2. The highest BCUT2D eigenvalue weighted by Gasteiger charge is 2.18. The molecule has 0 aliphatic heterocycles. The first-order chi connectivity index (χ1) is 15.3. The highest BCUT2D eigenvalue weighted by Crippen LogP contribution is 2.43. The van der Waals surface area contributed by atoms with Gasteiger partial charge in [-0.05, 0) is 65.4 Å². The van der Waals surface area contributed by atoms with Crippen molar-refractivity contribution in [3.8, 4) is 12.1 Å². The van der Waals surface area contributed by atoms with Gasteiger partial charge in [0.05, 0.1) is 29.0 Å². The van der Waals surface area contributed by atoms with Crippen molar-refractivity contribution in [2.45, 2.75) is 0 Å². The van der Waals surface area contributed by atoms with E-state index in [2.05, 4.69) is 71.6 Å². The first-order valence-electron chi connectivity index (χ1n) is 9.99. The van der Waals surface area contributed by atoms with E-state index in [0.29, 0.717) is 11.1 Å². The average molecular weight is 395 g/mol. The third kappa shape index (κ3) is 3.25. The second-order valence-electron chi connectivity index (χ2n) is 7.32. The number of hydrogen-bond donors (Lipinski definition) is 0. The Hall–Kier alpha value is -4.60. The summed E-state index contributed by atoms with van der Waals surface area (Å²) in [6, 6.07) is 38.5. The molecule has 0 amide bonds. The summed E-state index contributed by atoms with van der Waals surface area (Å²) in [5.41, 5.74) is 4.20. The van der Waals surface area contributed by atoms with Crippen molar-refractivity contribution in [2.75, 3.05) is 4.90 Å². The molecule has 0 N–H and O–H groups in total. The maximum Gasteiger partial charge on any atom is 0.0991 e. The molecule has 0 spiro atoms. The van der Waals surface area contributed by atoms with Crippen LogP contribution in [0.5, 0.6) is 0 Å². The zero-order valence-electron chi connectivity index (χ0n) is 16.7. The maximum absolute atomic E-state index is 9.25. The number of hydrogen-bond acceptors (Lipinski definition) is 3. The van der Waals surface area contributed by atoms with Gasteiger partial charge >= 0.3 is 0 Å². The maximum atomic E-state index is 9.25. The van der Waals surface area contributed by atoms with Gasteiger partial charge in [-0.3, -0.25) is 0 Å². The van der Waals surface area contributed by atoms with E-state index in [0.717, 1.165) is 38.6 Å². The van der Waals surface area contributed by atoms with Crippen molar-refractivity contribution in [3.05, 3.63) is 114 Å². The first kappa shape index (κ1) is 18.4. The molecule has 0 saturated carbocycles. The quantitative estimate of drug-likeness (QED) is 0.303. The van der Waals surface area contributed by atoms with Crippen molar-refractivity contribution in [3.63, 3.8) is 0 Å². The monoisotopic (exact) mass is 395 g/mol. The SMILES string of the molecule is N#Cc1ccc(N(c2ccc(C#N)cc2)c2c3ccccc3cc3ccccc23)cc1. The zero-order chi connectivity index (χ0) is 21.2. The van der Waals surface area contributed by atoms with Crippen molar-refractivity contribution < 1.29 is 0 Å². The van der Waals surface area contributed by atoms with Crippen LogP contribution in [0.1, 0.15) is 11.1 Å². The number of rotatable bonds is 3. The normalized spacial score (nSPS) is 10.5. The fourth-order valence-electron chi connectivity index (χ4n) is 4.01. The summed E-state index contributed by atoms with van der Waals surface area (Å²) in [5.74, 6) is 0. The van der Waals surface area contributed by atoms with E-state index < -0.39 is 0 Å². The van der Waals surface area contributed by atoms with Crippen LogP contribution in [0, 0.1) is 22.7 Å². The smallest absolute Gasteiger partial charge is 0.0991 e. The number of benzene rings is 5. The van der Waals surface area contributed by atoms with Crippen LogP contribution >= 0.6 is 0 Å². The topological polar surface area (TPSA) is 50.8 Å². The van der Waals surface area contributed by atoms with Crippen LogP contribution in [0.2, 0.25) is 0 Å². The first-order valence-corrected chi connectivity index (χ1v) is 9.99. The van der Waals surface area contributed by atoms with Crippen molar-refractivity contribution in [2.24, 2.45) is 0 Å². The lowest BCUT2D eigenvalue weighted by molar-refractivity contribution is 1.30. The Balaban J connectivity index is 1.87. The summed E-state index contributed by atoms with van der Waals surface area (Å²) in [6.07, 6.45) is 0. The molecule has 0 bridgehead atoms. The summed E-state index contributed by atoms with van der Waals surface area (Å²) in [4.78, 5) is 2.20. The van der Waals surface area contributed by atoms with Crippen molar-refractivity contribution in [1.29, 1.82) is 10.5 Å². The van der Waals surface area contributed by atoms with Gasteiger partial charge in [-0.15, -0.1) is 0 Å². The van der Waals surface area contributed by atoms with E-state index in [9.17, 15) is 10.5 Å². The molecule has 5 aromatic rings. The van der Waals surface area contributed by atoms with E-state index in [1.165, 1.54) is 0 Å². The summed E-state index contributed by atoms with van der Waals surface area (Å²) < 4.78 is 0. The number of nitrogens with zero attached hydrogens (tertiary/aromatic N) is 3. The van der Waals surface area contributed by atoms with Gasteiger partial charge in [0.15, 0.2) is 0 Å². The van der Waals surface area contributed by atoms with E-state index in [1.807, 2.05) is 48.5 Å². The lowest BCUT2D eigenvalue weighted by Gasteiger charge is -2.28. The van der Waals surface area contributed by atoms with Gasteiger partial charge in [-0.1, -0.05) is 48.5 Å². The number of anilines is 3. The second kappa shape index (κ2) is 7.67. The molecule has 5 rings (SSSR count). The fourth-order valence-corrected chi connectivity index (χ4v) is 4.01. The van der Waals surface area contributed by atoms with E-state index >= 15 is 0 Å². The van der Waals surface area contributed by atoms with Gasteiger partial charge in [0.1, 0.15) is 0 Å². The van der Waals surface area contributed by atoms with Gasteiger partial charge in [0.2, 0.25) is 0 Å². The molecule has 0 unspecified atom stereocenters. The molecule has 3 nitrogen and oxygen atoms in total. The summed E-state index contributed by atoms with van der Waals surface area (Å²) in [6.45, 7) is 0. The minimum absolute atomic E-state index is 0.617. The van der Waals surface area contributed by atoms with Crippen LogP contribution in [0.4, 0.5) is 17.1 Å². The Morgan fingerprint density at radius 3 is 1.35 bits per heavy atom. The van der Waals surface area contributed by atoms with Gasteiger partial charge < -0.3 is 4.90 Å². The molecule has 0 atom stereocenters. The molecule has 0 aliphatic rings. The molecule has 3 heteroatoms. The molecule has 0 heterocycles. The van der Waals surface area contributed by atoms with Crippen LogP contribution in [-0.4, -0.2) is 0 Å². The molecule has 0 aliphatic carbocycles. The fraction of sp³-hybridized carbons (Fsp3) is 0. The molecule has 0 saturated heterocycles. The molecule has 144 valence electrons. The van der Waals surface area contributed by atoms with Crippen LogP contribution in [-0.2, 0) is 0 Å². The molecular formula is C28H17N3. The zero-order valence-corrected chi connectivity index (χ0v) is 16.7. The van der Waals surface area contributed by atoms with Crippen molar-refractivity contribution in [1.82, 2.24) is 0 Å². The van der Waals surface area contributed by atoms with Crippen LogP contribution in [0.25, 0.3) is 21.5 Å². The molecule has 5 aromatic carbocycles. The highest BCUT2D eigenvalue weighted by atomic mass is 15.1. The lowest BCUT2D eigenvalue weighted by atomic mass is 9.99. The largest absolute Gasteiger partial charge is 0.309 e. The molecular weight excluding hydrogens is 378 g/mol. The van der Waals surface area contributed by atoms with Crippen LogP contribution in [0.3, 0.4) is 0 Å². The molecule has 31 heavy (non-hydrogen) atoms. The Labute approximate surface area is 180 Å². The molecule has 0 fully saturated rings. The lowest BCUT2D eigenvalue weighted by Crippen LogP contribution is -2.11. The Bertz CT molecular complexity index is 1370. The number of nitriles is 2. The predicted octanol–water partition coefficient (Wildman–Crippen LogP) is 7.21. The van der Waals surface area contributed by atoms with Crippen LogP contribution < -0.4 is 4.90 Å². The Kier molecular flexibility index (Phi) is 4.56.